The maximum Gasteiger partial charge on any atom is 0.120 e. The number of aldehydes is 1. The molecule has 0 radical (unpaired) electrons. The average Bonchev–Trinajstić information content (AvgIpc) is 2.35. The summed E-state index contributed by atoms with van der Waals surface area (Å²) in [7, 11) is 0. The van der Waals surface area contributed by atoms with Gasteiger partial charge in [0.25, 0.3) is 0 Å². The summed E-state index contributed by atoms with van der Waals surface area (Å²) in [6, 6.07) is 6.05. The number of aryl methyl sites for hydroxylation is 1. The number of carbonyl (C=O) groups is 1. The highest BCUT2D eigenvalue weighted by Gasteiger charge is 2.14. The van der Waals surface area contributed by atoms with Gasteiger partial charge in [0.05, 0.1) is 0 Å². The molecule has 0 spiro atoms. The predicted molar refractivity (Wildman–Crippen MR) is 67.0 cm³/mol. The zero-order chi connectivity index (χ0) is 12.8. The van der Waals surface area contributed by atoms with Crippen LogP contribution in [-0.2, 0) is 16.1 Å². The second kappa shape index (κ2) is 6.52. The van der Waals surface area contributed by atoms with E-state index < -0.39 is 0 Å². The van der Waals surface area contributed by atoms with E-state index in [1.807, 2.05) is 19.1 Å². The van der Waals surface area contributed by atoms with Gasteiger partial charge in [-0.2, -0.15) is 0 Å². The minimum atomic E-state index is -0.326. The Morgan fingerprint density at radius 3 is 2.53 bits per heavy atom. The van der Waals surface area contributed by atoms with Gasteiger partial charge < -0.3 is 4.79 Å². The number of rotatable bonds is 6. The normalized spacial score (nSPS) is 12.8. The van der Waals surface area contributed by atoms with Crippen LogP contribution in [0, 0.1) is 0 Å². The summed E-state index contributed by atoms with van der Waals surface area (Å²) in [5.74, 6) is 0.360. The molecule has 1 aromatic carbocycles. The SMILES string of the molecule is CC(C)c1cc(CCC=O)ccc1C(C)OO. The minimum Gasteiger partial charge on any atom is -0.303 e. The summed E-state index contributed by atoms with van der Waals surface area (Å²) in [6.07, 6.45) is 1.91. The molecule has 3 heteroatoms. The van der Waals surface area contributed by atoms with Crippen molar-refractivity contribution in [3.8, 4) is 0 Å². The van der Waals surface area contributed by atoms with Crippen LogP contribution < -0.4 is 0 Å². The van der Waals surface area contributed by atoms with Crippen LogP contribution in [0.3, 0.4) is 0 Å². The topological polar surface area (TPSA) is 46.5 Å². The van der Waals surface area contributed by atoms with Crippen molar-refractivity contribution in [2.24, 2.45) is 0 Å². The standard InChI is InChI=1S/C14H20O3/c1-10(2)14-9-12(5-4-8-15)6-7-13(14)11(3)17-16/h6-11,16H,4-5H2,1-3H3. The maximum atomic E-state index is 10.4. The lowest BCUT2D eigenvalue weighted by atomic mass is 9.91. The van der Waals surface area contributed by atoms with Crippen molar-refractivity contribution in [3.05, 3.63) is 34.9 Å². The van der Waals surface area contributed by atoms with Crippen molar-refractivity contribution in [3.63, 3.8) is 0 Å². The lowest BCUT2D eigenvalue weighted by Gasteiger charge is -2.17. The number of hydrogen-bond donors (Lipinski definition) is 1. The van der Waals surface area contributed by atoms with Crippen molar-refractivity contribution >= 4 is 6.29 Å². The number of benzene rings is 1. The van der Waals surface area contributed by atoms with Crippen LogP contribution in [0.4, 0.5) is 0 Å². The van der Waals surface area contributed by atoms with E-state index in [2.05, 4.69) is 24.8 Å². The van der Waals surface area contributed by atoms with E-state index in [4.69, 9.17) is 5.26 Å². The molecule has 0 aliphatic carbocycles. The largest absolute Gasteiger partial charge is 0.303 e. The molecule has 1 rings (SSSR count). The first-order valence-corrected chi connectivity index (χ1v) is 5.96. The molecule has 0 aromatic heterocycles. The number of carbonyl (C=O) groups excluding carboxylic acids is 1. The molecule has 1 aromatic rings. The van der Waals surface area contributed by atoms with Crippen molar-refractivity contribution < 1.29 is 14.9 Å². The summed E-state index contributed by atoms with van der Waals surface area (Å²) in [5, 5.41) is 8.76. The van der Waals surface area contributed by atoms with Crippen molar-refractivity contribution in [1.29, 1.82) is 0 Å². The quantitative estimate of drug-likeness (QED) is 0.467. The second-order valence-corrected chi connectivity index (χ2v) is 4.57. The molecule has 0 saturated heterocycles. The zero-order valence-electron chi connectivity index (χ0n) is 10.6. The summed E-state index contributed by atoms with van der Waals surface area (Å²) in [4.78, 5) is 14.8. The van der Waals surface area contributed by atoms with Crippen LogP contribution in [0.2, 0.25) is 0 Å². The summed E-state index contributed by atoms with van der Waals surface area (Å²) >= 11 is 0. The first-order chi connectivity index (χ1) is 8.10. The molecule has 3 nitrogen and oxygen atoms in total. The van der Waals surface area contributed by atoms with E-state index in [-0.39, 0.29) is 6.10 Å². The van der Waals surface area contributed by atoms with E-state index in [1.54, 1.807) is 0 Å². The summed E-state index contributed by atoms with van der Waals surface area (Å²) in [6.45, 7) is 6.02. The molecule has 1 N–H and O–H groups in total. The lowest BCUT2D eigenvalue weighted by Crippen LogP contribution is -2.04. The Balaban J connectivity index is 3.03. The highest BCUT2D eigenvalue weighted by Crippen LogP contribution is 2.27. The third-order valence-electron chi connectivity index (χ3n) is 2.92. The fourth-order valence-electron chi connectivity index (χ4n) is 1.93. The molecule has 0 saturated carbocycles. The van der Waals surface area contributed by atoms with Crippen LogP contribution in [0.15, 0.2) is 18.2 Å². The number of hydrogen-bond acceptors (Lipinski definition) is 3. The molecular formula is C14H20O3. The Hall–Kier alpha value is -1.19. The summed E-state index contributed by atoms with van der Waals surface area (Å²) < 4.78 is 0. The molecule has 94 valence electrons. The lowest BCUT2D eigenvalue weighted by molar-refractivity contribution is -0.277. The molecular weight excluding hydrogens is 216 g/mol. The van der Waals surface area contributed by atoms with Gasteiger partial charge in [0, 0.05) is 6.42 Å². The van der Waals surface area contributed by atoms with E-state index in [9.17, 15) is 4.79 Å². The molecule has 0 aliphatic rings. The van der Waals surface area contributed by atoms with Gasteiger partial charge in [-0.1, -0.05) is 32.0 Å². The van der Waals surface area contributed by atoms with E-state index in [1.165, 1.54) is 0 Å². The third-order valence-corrected chi connectivity index (χ3v) is 2.92. The van der Waals surface area contributed by atoms with Crippen molar-refractivity contribution in [2.75, 3.05) is 0 Å². The minimum absolute atomic E-state index is 0.326. The highest BCUT2D eigenvalue weighted by atomic mass is 17.1. The monoisotopic (exact) mass is 236 g/mol. The molecule has 1 atom stereocenters. The Labute approximate surface area is 102 Å². The van der Waals surface area contributed by atoms with Gasteiger partial charge in [-0.3, -0.25) is 5.26 Å². The first-order valence-electron chi connectivity index (χ1n) is 5.96. The fraction of sp³-hybridized carbons (Fsp3) is 0.500. The smallest absolute Gasteiger partial charge is 0.120 e. The van der Waals surface area contributed by atoms with Gasteiger partial charge >= 0.3 is 0 Å². The van der Waals surface area contributed by atoms with Gasteiger partial charge in [-0.25, -0.2) is 4.89 Å². The Bertz CT molecular complexity index is 372. The van der Waals surface area contributed by atoms with E-state index in [0.29, 0.717) is 12.3 Å². The molecule has 0 heterocycles. The van der Waals surface area contributed by atoms with Gasteiger partial charge in [0.2, 0.25) is 0 Å². The predicted octanol–water partition coefficient (Wildman–Crippen LogP) is 3.49. The molecule has 17 heavy (non-hydrogen) atoms. The van der Waals surface area contributed by atoms with E-state index in [0.717, 1.165) is 29.4 Å². The van der Waals surface area contributed by atoms with Crippen LogP contribution in [0.5, 0.6) is 0 Å². The molecule has 0 aliphatic heterocycles. The van der Waals surface area contributed by atoms with Gasteiger partial charge in [-0.05, 0) is 36.0 Å². The Kier molecular flexibility index (Phi) is 5.32. The fourth-order valence-corrected chi connectivity index (χ4v) is 1.93. The van der Waals surface area contributed by atoms with Gasteiger partial charge in [0.15, 0.2) is 0 Å². The Morgan fingerprint density at radius 2 is 2.00 bits per heavy atom. The highest BCUT2D eigenvalue weighted by molar-refractivity contribution is 5.50. The van der Waals surface area contributed by atoms with Gasteiger partial charge in [-0.15, -0.1) is 0 Å². The van der Waals surface area contributed by atoms with Crippen molar-refractivity contribution in [2.45, 2.75) is 45.6 Å². The van der Waals surface area contributed by atoms with Crippen molar-refractivity contribution in [1.82, 2.24) is 0 Å². The maximum absolute atomic E-state index is 10.4. The summed E-state index contributed by atoms with van der Waals surface area (Å²) in [5.41, 5.74) is 3.31. The molecule has 1 unspecified atom stereocenters. The molecule has 0 bridgehead atoms. The van der Waals surface area contributed by atoms with Crippen LogP contribution >= 0.6 is 0 Å². The van der Waals surface area contributed by atoms with Crippen LogP contribution in [0.25, 0.3) is 0 Å². The first kappa shape index (κ1) is 13.9. The molecule has 0 fully saturated rings. The van der Waals surface area contributed by atoms with E-state index >= 15 is 0 Å². The van der Waals surface area contributed by atoms with Gasteiger partial charge in [0.1, 0.15) is 12.4 Å². The zero-order valence-corrected chi connectivity index (χ0v) is 10.6. The third kappa shape index (κ3) is 3.65. The van der Waals surface area contributed by atoms with Crippen LogP contribution in [0.1, 0.15) is 55.9 Å². The second-order valence-electron chi connectivity index (χ2n) is 4.57. The molecule has 0 amide bonds. The van der Waals surface area contributed by atoms with Crippen LogP contribution in [-0.4, -0.2) is 11.5 Å². The Morgan fingerprint density at radius 1 is 1.29 bits per heavy atom. The average molecular weight is 236 g/mol.